The number of thiophene rings is 1. The minimum absolute atomic E-state index is 0.0344. The van der Waals surface area contributed by atoms with Gasteiger partial charge in [-0.25, -0.2) is 0 Å². The second kappa shape index (κ2) is 7.70. The quantitative estimate of drug-likeness (QED) is 0.773. The molecule has 2 N–H and O–H groups in total. The standard InChI is InChI=1S/C19H21BrN2O2S/c1-11-3-6-16-13(7-11)9-17(25-16)19(24)21-10-18(23)22-15-5-4-14(20)8-12(15)2/h4-5,8-9,11H,3,6-7,10H2,1-2H3,(H,21,24)(H,22,23)/t11-/m0/s1. The molecule has 4 nitrogen and oxygen atoms in total. The molecule has 1 aromatic carbocycles. The molecule has 0 unspecified atom stereocenters. The van der Waals surface area contributed by atoms with E-state index < -0.39 is 0 Å². The van der Waals surface area contributed by atoms with Crippen molar-refractivity contribution in [2.75, 3.05) is 11.9 Å². The number of halogens is 1. The van der Waals surface area contributed by atoms with E-state index in [0.717, 1.165) is 28.6 Å². The van der Waals surface area contributed by atoms with Gasteiger partial charge in [-0.3, -0.25) is 9.59 Å². The number of nitrogens with one attached hydrogen (secondary N) is 2. The fourth-order valence-corrected chi connectivity index (χ4v) is 4.63. The number of amides is 2. The number of carbonyl (C=O) groups is 2. The predicted molar refractivity (Wildman–Crippen MR) is 105 cm³/mol. The van der Waals surface area contributed by atoms with E-state index in [1.54, 1.807) is 11.3 Å². The van der Waals surface area contributed by atoms with Gasteiger partial charge in [-0.2, -0.15) is 0 Å². The van der Waals surface area contributed by atoms with Gasteiger partial charge in [0.1, 0.15) is 0 Å². The maximum atomic E-state index is 12.3. The smallest absolute Gasteiger partial charge is 0.261 e. The fraction of sp³-hybridized carbons (Fsp3) is 0.368. The van der Waals surface area contributed by atoms with E-state index in [4.69, 9.17) is 0 Å². The third-order valence-corrected chi connectivity index (χ3v) is 6.15. The highest BCUT2D eigenvalue weighted by molar-refractivity contribution is 9.10. The first kappa shape index (κ1) is 18.1. The van der Waals surface area contributed by atoms with Crippen molar-refractivity contribution in [1.82, 2.24) is 5.32 Å². The van der Waals surface area contributed by atoms with Crippen LogP contribution in [0.1, 0.15) is 39.0 Å². The molecule has 6 heteroatoms. The molecular formula is C19H21BrN2O2S. The second-order valence-electron chi connectivity index (χ2n) is 6.60. The van der Waals surface area contributed by atoms with Crippen LogP contribution in [-0.2, 0) is 17.6 Å². The van der Waals surface area contributed by atoms with E-state index in [1.807, 2.05) is 31.2 Å². The van der Waals surface area contributed by atoms with Crippen LogP contribution in [0.3, 0.4) is 0 Å². The van der Waals surface area contributed by atoms with Gasteiger partial charge < -0.3 is 10.6 Å². The molecule has 0 radical (unpaired) electrons. The number of benzene rings is 1. The lowest BCUT2D eigenvalue weighted by molar-refractivity contribution is -0.115. The third kappa shape index (κ3) is 4.50. The van der Waals surface area contributed by atoms with Crippen molar-refractivity contribution in [2.24, 2.45) is 5.92 Å². The monoisotopic (exact) mass is 420 g/mol. The first-order chi connectivity index (χ1) is 11.9. The molecule has 1 aliphatic carbocycles. The molecule has 1 aromatic heterocycles. The predicted octanol–water partition coefficient (Wildman–Crippen LogP) is 4.31. The molecule has 132 valence electrons. The molecule has 1 heterocycles. The molecule has 0 saturated carbocycles. The minimum atomic E-state index is -0.228. The van der Waals surface area contributed by atoms with Gasteiger partial charge in [0.25, 0.3) is 5.91 Å². The lowest BCUT2D eigenvalue weighted by atomic mass is 9.90. The summed E-state index contributed by atoms with van der Waals surface area (Å²) in [5, 5.41) is 5.55. The minimum Gasteiger partial charge on any atom is -0.342 e. The van der Waals surface area contributed by atoms with Crippen molar-refractivity contribution in [3.63, 3.8) is 0 Å². The Bertz CT molecular complexity index is 816. The van der Waals surface area contributed by atoms with E-state index in [2.05, 4.69) is 33.5 Å². The largest absolute Gasteiger partial charge is 0.342 e. The van der Waals surface area contributed by atoms with Crippen LogP contribution in [0.2, 0.25) is 0 Å². The Morgan fingerprint density at radius 3 is 2.88 bits per heavy atom. The van der Waals surface area contributed by atoms with Crippen molar-refractivity contribution in [3.05, 3.63) is 49.6 Å². The zero-order chi connectivity index (χ0) is 18.0. The molecule has 2 aromatic rings. The van der Waals surface area contributed by atoms with Crippen LogP contribution in [0.15, 0.2) is 28.7 Å². The Kier molecular flexibility index (Phi) is 5.59. The SMILES string of the molecule is Cc1cc(Br)ccc1NC(=O)CNC(=O)c1cc2c(s1)CC[C@H](C)C2. The lowest BCUT2D eigenvalue weighted by Crippen LogP contribution is -2.32. The molecule has 0 aliphatic heterocycles. The molecule has 0 fully saturated rings. The molecule has 0 spiro atoms. The van der Waals surface area contributed by atoms with Crippen LogP contribution in [-0.4, -0.2) is 18.4 Å². The number of carbonyl (C=O) groups excluding carboxylic acids is 2. The summed E-state index contributed by atoms with van der Waals surface area (Å²) in [5.41, 5.74) is 3.01. The Balaban J connectivity index is 1.56. The number of anilines is 1. The fourth-order valence-electron chi connectivity index (χ4n) is 3.03. The number of fused-ring (bicyclic) bond motifs is 1. The number of hydrogen-bond donors (Lipinski definition) is 2. The third-order valence-electron chi connectivity index (χ3n) is 4.43. The van der Waals surface area contributed by atoms with Gasteiger partial charge in [-0.1, -0.05) is 22.9 Å². The Hall–Kier alpha value is -1.66. The molecule has 2 amide bonds. The topological polar surface area (TPSA) is 58.2 Å². The highest BCUT2D eigenvalue weighted by atomic mass is 79.9. The van der Waals surface area contributed by atoms with Gasteiger partial charge in [0, 0.05) is 15.0 Å². The van der Waals surface area contributed by atoms with Crippen LogP contribution in [0.4, 0.5) is 5.69 Å². The highest BCUT2D eigenvalue weighted by Crippen LogP contribution is 2.32. The summed E-state index contributed by atoms with van der Waals surface area (Å²) in [6.45, 7) is 4.14. The summed E-state index contributed by atoms with van der Waals surface area (Å²) in [7, 11) is 0. The van der Waals surface area contributed by atoms with E-state index in [1.165, 1.54) is 16.9 Å². The average molecular weight is 421 g/mol. The molecule has 25 heavy (non-hydrogen) atoms. The zero-order valence-electron chi connectivity index (χ0n) is 14.3. The Labute approximate surface area is 160 Å². The van der Waals surface area contributed by atoms with Gasteiger partial charge >= 0.3 is 0 Å². The van der Waals surface area contributed by atoms with Crippen LogP contribution in [0.5, 0.6) is 0 Å². The number of hydrogen-bond acceptors (Lipinski definition) is 3. The zero-order valence-corrected chi connectivity index (χ0v) is 16.7. The van der Waals surface area contributed by atoms with E-state index in [9.17, 15) is 9.59 Å². The molecule has 1 atom stereocenters. The Morgan fingerprint density at radius 1 is 1.32 bits per heavy atom. The molecule has 0 bridgehead atoms. The first-order valence-corrected chi connectivity index (χ1v) is 9.99. The molecule has 1 aliphatic rings. The van der Waals surface area contributed by atoms with Crippen molar-refractivity contribution in [2.45, 2.75) is 33.1 Å². The summed E-state index contributed by atoms with van der Waals surface area (Å²) in [5.74, 6) is 0.279. The second-order valence-corrected chi connectivity index (χ2v) is 8.65. The van der Waals surface area contributed by atoms with Gasteiger partial charge in [-0.05, 0) is 67.5 Å². The normalized spacial score (nSPS) is 16.2. The maximum absolute atomic E-state index is 12.3. The average Bonchev–Trinajstić information content (AvgIpc) is 2.98. The van der Waals surface area contributed by atoms with Crippen molar-refractivity contribution < 1.29 is 9.59 Å². The number of aryl methyl sites for hydroxylation is 2. The van der Waals surface area contributed by atoms with E-state index in [0.29, 0.717) is 10.8 Å². The van der Waals surface area contributed by atoms with Crippen molar-refractivity contribution in [1.29, 1.82) is 0 Å². The summed E-state index contributed by atoms with van der Waals surface area (Å²) in [6.07, 6.45) is 3.28. The number of rotatable bonds is 4. The van der Waals surface area contributed by atoms with Crippen LogP contribution >= 0.6 is 27.3 Å². The van der Waals surface area contributed by atoms with Crippen LogP contribution in [0.25, 0.3) is 0 Å². The van der Waals surface area contributed by atoms with Crippen molar-refractivity contribution >= 4 is 44.8 Å². The van der Waals surface area contributed by atoms with Gasteiger partial charge in [0.15, 0.2) is 0 Å². The van der Waals surface area contributed by atoms with Gasteiger partial charge in [0.2, 0.25) is 5.91 Å². The van der Waals surface area contributed by atoms with Crippen molar-refractivity contribution in [3.8, 4) is 0 Å². The first-order valence-electron chi connectivity index (χ1n) is 8.38. The lowest BCUT2D eigenvalue weighted by Gasteiger charge is -2.16. The molecule has 0 saturated heterocycles. The van der Waals surface area contributed by atoms with Crippen LogP contribution in [0, 0.1) is 12.8 Å². The molecular weight excluding hydrogens is 400 g/mol. The maximum Gasteiger partial charge on any atom is 0.261 e. The summed E-state index contributed by atoms with van der Waals surface area (Å²) in [4.78, 5) is 26.4. The Morgan fingerprint density at radius 2 is 2.12 bits per heavy atom. The van der Waals surface area contributed by atoms with E-state index >= 15 is 0 Å². The molecule has 3 rings (SSSR count). The summed E-state index contributed by atoms with van der Waals surface area (Å²) < 4.78 is 0.965. The van der Waals surface area contributed by atoms with Gasteiger partial charge in [-0.15, -0.1) is 11.3 Å². The summed E-state index contributed by atoms with van der Waals surface area (Å²) in [6, 6.07) is 7.64. The van der Waals surface area contributed by atoms with Crippen LogP contribution < -0.4 is 10.6 Å². The van der Waals surface area contributed by atoms with Gasteiger partial charge in [0.05, 0.1) is 11.4 Å². The highest BCUT2D eigenvalue weighted by Gasteiger charge is 2.20. The van der Waals surface area contributed by atoms with E-state index in [-0.39, 0.29) is 18.4 Å². The summed E-state index contributed by atoms with van der Waals surface area (Å²) >= 11 is 4.95.